The van der Waals surface area contributed by atoms with Crippen LogP contribution in [0, 0.1) is 6.92 Å². The molecule has 2 rings (SSSR count). The van der Waals surface area contributed by atoms with Gasteiger partial charge in [-0.3, -0.25) is 0 Å². The molecule has 0 fully saturated rings. The highest BCUT2D eigenvalue weighted by molar-refractivity contribution is 7.82. The van der Waals surface area contributed by atoms with E-state index in [0.29, 0.717) is 4.86 Å². The Morgan fingerprint density at radius 1 is 1.14 bits per heavy atom. The lowest BCUT2D eigenvalue weighted by Gasteiger charge is -2.21. The van der Waals surface area contributed by atoms with Crippen molar-refractivity contribution >= 4 is 34.2 Å². The summed E-state index contributed by atoms with van der Waals surface area (Å²) in [5.41, 5.74) is 11.7. The van der Waals surface area contributed by atoms with Crippen molar-refractivity contribution in [1.82, 2.24) is 0 Å². The van der Waals surface area contributed by atoms with Gasteiger partial charge in [0.15, 0.2) is 0 Å². The number of rotatable bonds is 4. The Kier molecular flexibility index (Phi) is 5.14. The van der Waals surface area contributed by atoms with Crippen LogP contribution in [0.25, 0.3) is 0 Å². The Morgan fingerprint density at radius 2 is 1.82 bits per heavy atom. The predicted octanol–water partition coefficient (Wildman–Crippen LogP) is 4.09. The highest BCUT2D eigenvalue weighted by atomic mass is 32.1. The standard InChI is InChI=1S/C18H23N3S/c1-5-21(6-2)14-7-8-16(13(4)9-14)20-17-10-12(3)15(19)11-18(17)22/h7-11H,5-6,19H2,1-4H3/b20-17-. The van der Waals surface area contributed by atoms with Crippen LogP contribution in [0.5, 0.6) is 0 Å². The van der Waals surface area contributed by atoms with Gasteiger partial charge in [0, 0.05) is 24.5 Å². The Balaban J connectivity index is 2.35. The largest absolute Gasteiger partial charge is 0.398 e. The normalized spacial score (nSPS) is 16.5. The molecule has 116 valence electrons. The van der Waals surface area contributed by atoms with Crippen molar-refractivity contribution in [1.29, 1.82) is 0 Å². The lowest BCUT2D eigenvalue weighted by atomic mass is 10.0. The number of aliphatic imine (C=N–C) groups is 1. The fraction of sp³-hybridized carbons (Fsp3) is 0.333. The maximum Gasteiger partial charge on any atom is 0.0821 e. The Hall–Kier alpha value is -1.94. The molecule has 0 unspecified atom stereocenters. The van der Waals surface area contributed by atoms with Crippen molar-refractivity contribution < 1.29 is 0 Å². The number of hydrogen-bond donors (Lipinski definition) is 1. The number of hydrogen-bond acceptors (Lipinski definition) is 4. The molecule has 0 bridgehead atoms. The van der Waals surface area contributed by atoms with Crippen LogP contribution < -0.4 is 10.6 Å². The number of thiocarbonyl (C=S) groups is 1. The maximum absolute atomic E-state index is 5.88. The molecule has 0 spiro atoms. The minimum absolute atomic E-state index is 0.690. The molecule has 0 saturated heterocycles. The molecule has 1 aliphatic carbocycles. The second kappa shape index (κ2) is 6.88. The molecule has 2 N–H and O–H groups in total. The van der Waals surface area contributed by atoms with Gasteiger partial charge in [-0.1, -0.05) is 12.2 Å². The van der Waals surface area contributed by atoms with Crippen molar-refractivity contribution in [2.24, 2.45) is 10.7 Å². The summed E-state index contributed by atoms with van der Waals surface area (Å²) in [6.45, 7) is 10.4. The van der Waals surface area contributed by atoms with Gasteiger partial charge in [0.05, 0.1) is 16.3 Å². The number of nitrogens with zero attached hydrogens (tertiary/aromatic N) is 2. The molecular formula is C18H23N3S. The van der Waals surface area contributed by atoms with Crippen LogP contribution in [0.4, 0.5) is 11.4 Å². The lowest BCUT2D eigenvalue weighted by Crippen LogP contribution is -2.21. The number of nitrogens with two attached hydrogens (primary N) is 1. The van der Waals surface area contributed by atoms with E-state index in [2.05, 4.69) is 43.9 Å². The molecule has 4 heteroatoms. The number of aryl methyl sites for hydroxylation is 1. The van der Waals surface area contributed by atoms with Gasteiger partial charge >= 0.3 is 0 Å². The first-order chi connectivity index (χ1) is 10.5. The van der Waals surface area contributed by atoms with E-state index < -0.39 is 0 Å². The summed E-state index contributed by atoms with van der Waals surface area (Å²) >= 11 is 5.36. The van der Waals surface area contributed by atoms with Crippen LogP contribution in [0.3, 0.4) is 0 Å². The van der Waals surface area contributed by atoms with Gasteiger partial charge in [-0.25, -0.2) is 4.99 Å². The van der Waals surface area contributed by atoms with E-state index in [9.17, 15) is 0 Å². The minimum atomic E-state index is 0.690. The third-order valence-corrected chi connectivity index (χ3v) is 4.22. The first-order valence-corrected chi connectivity index (χ1v) is 8.01. The summed E-state index contributed by atoms with van der Waals surface area (Å²) in [6, 6.07) is 6.36. The van der Waals surface area contributed by atoms with E-state index in [1.165, 1.54) is 5.69 Å². The molecule has 0 atom stereocenters. The van der Waals surface area contributed by atoms with E-state index in [-0.39, 0.29) is 0 Å². The third-order valence-electron chi connectivity index (χ3n) is 3.90. The average Bonchev–Trinajstić information content (AvgIpc) is 2.48. The predicted molar refractivity (Wildman–Crippen MR) is 100 cm³/mol. The van der Waals surface area contributed by atoms with Crippen molar-refractivity contribution in [2.75, 3.05) is 18.0 Å². The maximum atomic E-state index is 5.88. The number of allylic oxidation sites excluding steroid dienone is 3. The van der Waals surface area contributed by atoms with Gasteiger partial charge in [-0.2, -0.15) is 0 Å². The molecule has 1 aromatic carbocycles. The summed E-state index contributed by atoms with van der Waals surface area (Å²) in [6.07, 6.45) is 3.76. The molecule has 0 heterocycles. The summed E-state index contributed by atoms with van der Waals surface area (Å²) in [5.74, 6) is 0. The van der Waals surface area contributed by atoms with Gasteiger partial charge in [0.2, 0.25) is 0 Å². The first-order valence-electron chi connectivity index (χ1n) is 7.60. The van der Waals surface area contributed by atoms with Gasteiger partial charge in [-0.05, 0) is 69.2 Å². The monoisotopic (exact) mass is 313 g/mol. The average molecular weight is 313 g/mol. The van der Waals surface area contributed by atoms with Crippen LogP contribution in [0.15, 0.2) is 46.6 Å². The van der Waals surface area contributed by atoms with E-state index in [1.807, 2.05) is 19.1 Å². The topological polar surface area (TPSA) is 41.6 Å². The van der Waals surface area contributed by atoms with E-state index in [4.69, 9.17) is 22.9 Å². The minimum Gasteiger partial charge on any atom is -0.398 e. The van der Waals surface area contributed by atoms with Crippen molar-refractivity contribution in [3.8, 4) is 0 Å². The smallest absolute Gasteiger partial charge is 0.0821 e. The fourth-order valence-corrected chi connectivity index (χ4v) is 2.69. The van der Waals surface area contributed by atoms with Gasteiger partial charge in [0.1, 0.15) is 0 Å². The van der Waals surface area contributed by atoms with Crippen molar-refractivity contribution in [3.05, 3.63) is 47.2 Å². The summed E-state index contributed by atoms with van der Waals surface area (Å²) < 4.78 is 0. The lowest BCUT2D eigenvalue weighted by molar-refractivity contribution is 0.865. The quantitative estimate of drug-likeness (QED) is 0.851. The number of benzene rings is 1. The van der Waals surface area contributed by atoms with Crippen LogP contribution in [-0.4, -0.2) is 23.7 Å². The van der Waals surface area contributed by atoms with Gasteiger partial charge in [-0.15, -0.1) is 0 Å². The summed E-state index contributed by atoms with van der Waals surface area (Å²) in [5, 5.41) is 0. The molecule has 0 aliphatic heterocycles. The second-order valence-corrected chi connectivity index (χ2v) is 5.87. The van der Waals surface area contributed by atoms with Crippen LogP contribution in [0.2, 0.25) is 0 Å². The fourth-order valence-electron chi connectivity index (χ4n) is 2.46. The Morgan fingerprint density at radius 3 is 2.41 bits per heavy atom. The zero-order valence-electron chi connectivity index (χ0n) is 13.7. The van der Waals surface area contributed by atoms with E-state index in [0.717, 1.165) is 41.3 Å². The molecule has 0 amide bonds. The molecule has 0 saturated carbocycles. The molecule has 3 nitrogen and oxygen atoms in total. The van der Waals surface area contributed by atoms with Gasteiger partial charge < -0.3 is 10.6 Å². The molecule has 1 aliphatic rings. The highest BCUT2D eigenvalue weighted by Crippen LogP contribution is 2.26. The molecular weight excluding hydrogens is 290 g/mol. The summed E-state index contributed by atoms with van der Waals surface area (Å²) in [4.78, 5) is 7.73. The van der Waals surface area contributed by atoms with Crippen LogP contribution >= 0.6 is 12.2 Å². The molecule has 22 heavy (non-hydrogen) atoms. The molecule has 0 aromatic heterocycles. The zero-order valence-corrected chi connectivity index (χ0v) is 14.5. The molecule has 1 aromatic rings. The molecule has 0 radical (unpaired) electrons. The zero-order chi connectivity index (χ0) is 16.3. The van der Waals surface area contributed by atoms with E-state index in [1.54, 1.807) is 0 Å². The Labute approximate surface area is 138 Å². The van der Waals surface area contributed by atoms with Crippen LogP contribution in [0.1, 0.15) is 26.3 Å². The van der Waals surface area contributed by atoms with Crippen molar-refractivity contribution in [2.45, 2.75) is 27.7 Å². The van der Waals surface area contributed by atoms with Crippen molar-refractivity contribution in [3.63, 3.8) is 0 Å². The second-order valence-electron chi connectivity index (χ2n) is 5.43. The van der Waals surface area contributed by atoms with Crippen LogP contribution in [-0.2, 0) is 0 Å². The third kappa shape index (κ3) is 3.45. The summed E-state index contributed by atoms with van der Waals surface area (Å²) in [7, 11) is 0. The highest BCUT2D eigenvalue weighted by Gasteiger charge is 2.12. The van der Waals surface area contributed by atoms with Gasteiger partial charge in [0.25, 0.3) is 0 Å². The number of anilines is 1. The first kappa shape index (κ1) is 16.4. The Bertz CT molecular complexity index is 680. The SMILES string of the molecule is CCN(CC)c1ccc(/N=C2/C=C(C)C(N)=CC2=S)c(C)c1. The van der Waals surface area contributed by atoms with E-state index >= 15 is 0 Å².